The van der Waals surface area contributed by atoms with Crippen LogP contribution in [0.2, 0.25) is 0 Å². The SMILES string of the molecule is COc1cccc(OC)c1[C@@H]1CCCN1S(=O)(=O)c1ccc(C)cc1. The molecule has 1 aliphatic rings. The van der Waals surface area contributed by atoms with Crippen LogP contribution in [0.4, 0.5) is 0 Å². The van der Waals surface area contributed by atoms with Gasteiger partial charge in [0.2, 0.25) is 10.0 Å². The van der Waals surface area contributed by atoms with E-state index < -0.39 is 10.0 Å². The van der Waals surface area contributed by atoms with Crippen molar-refractivity contribution in [2.75, 3.05) is 20.8 Å². The summed E-state index contributed by atoms with van der Waals surface area (Å²) in [6.45, 7) is 2.43. The zero-order valence-electron chi connectivity index (χ0n) is 14.7. The summed E-state index contributed by atoms with van der Waals surface area (Å²) in [5, 5.41) is 0. The summed E-state index contributed by atoms with van der Waals surface area (Å²) in [6, 6.07) is 12.2. The van der Waals surface area contributed by atoms with E-state index in [4.69, 9.17) is 9.47 Å². The first-order valence-electron chi connectivity index (χ1n) is 8.28. The van der Waals surface area contributed by atoms with Crippen molar-refractivity contribution in [2.45, 2.75) is 30.7 Å². The summed E-state index contributed by atoms with van der Waals surface area (Å²) in [6.07, 6.45) is 1.54. The van der Waals surface area contributed by atoms with E-state index in [1.165, 1.54) is 0 Å². The Kier molecular flexibility index (Phi) is 5.01. The van der Waals surface area contributed by atoms with Gasteiger partial charge in [0.05, 0.1) is 30.7 Å². The van der Waals surface area contributed by atoms with Crippen LogP contribution in [-0.2, 0) is 10.0 Å². The van der Waals surface area contributed by atoms with Crippen LogP contribution < -0.4 is 9.47 Å². The Bertz CT molecular complexity index is 824. The summed E-state index contributed by atoms with van der Waals surface area (Å²) in [5.41, 5.74) is 1.82. The van der Waals surface area contributed by atoms with Crippen LogP contribution in [0.1, 0.15) is 30.0 Å². The van der Waals surface area contributed by atoms with Gasteiger partial charge in [0.25, 0.3) is 0 Å². The number of ether oxygens (including phenoxy) is 2. The summed E-state index contributed by atoms with van der Waals surface area (Å²) < 4.78 is 38.9. The van der Waals surface area contributed by atoms with Crippen LogP contribution in [0.3, 0.4) is 0 Å². The second-order valence-corrected chi connectivity index (χ2v) is 8.05. The van der Waals surface area contributed by atoms with Crippen molar-refractivity contribution in [3.05, 3.63) is 53.6 Å². The third-order valence-corrected chi connectivity index (χ3v) is 6.55. The van der Waals surface area contributed by atoms with Gasteiger partial charge < -0.3 is 9.47 Å². The second-order valence-electron chi connectivity index (χ2n) is 6.16. The molecule has 5 nitrogen and oxygen atoms in total. The van der Waals surface area contributed by atoms with Gasteiger partial charge in [-0.15, -0.1) is 0 Å². The topological polar surface area (TPSA) is 55.8 Å². The lowest BCUT2D eigenvalue weighted by atomic mass is 10.0. The molecule has 0 saturated carbocycles. The predicted molar refractivity (Wildman–Crippen MR) is 96.6 cm³/mol. The van der Waals surface area contributed by atoms with Gasteiger partial charge in [-0.1, -0.05) is 23.8 Å². The number of sulfonamides is 1. The van der Waals surface area contributed by atoms with Gasteiger partial charge in [0.15, 0.2) is 0 Å². The van der Waals surface area contributed by atoms with Crippen molar-refractivity contribution in [2.24, 2.45) is 0 Å². The Balaban J connectivity index is 2.06. The first-order valence-corrected chi connectivity index (χ1v) is 9.72. The molecule has 0 spiro atoms. The highest BCUT2D eigenvalue weighted by Gasteiger charge is 2.38. The fraction of sp³-hybridized carbons (Fsp3) is 0.368. The van der Waals surface area contributed by atoms with Crippen molar-refractivity contribution < 1.29 is 17.9 Å². The van der Waals surface area contributed by atoms with E-state index in [1.807, 2.05) is 37.3 Å². The average Bonchev–Trinajstić information content (AvgIpc) is 3.11. The molecule has 1 aliphatic heterocycles. The Morgan fingerprint density at radius 2 is 1.60 bits per heavy atom. The maximum atomic E-state index is 13.2. The molecule has 0 amide bonds. The van der Waals surface area contributed by atoms with Crippen LogP contribution >= 0.6 is 0 Å². The van der Waals surface area contributed by atoms with Crippen LogP contribution in [0.5, 0.6) is 11.5 Å². The highest BCUT2D eigenvalue weighted by Crippen LogP contribution is 2.44. The smallest absolute Gasteiger partial charge is 0.243 e. The Morgan fingerprint density at radius 3 is 2.16 bits per heavy atom. The molecule has 0 bridgehead atoms. The van der Waals surface area contributed by atoms with Crippen molar-refractivity contribution in [1.82, 2.24) is 4.31 Å². The van der Waals surface area contributed by atoms with Crippen LogP contribution in [0.25, 0.3) is 0 Å². The molecule has 1 saturated heterocycles. The van der Waals surface area contributed by atoms with Crippen LogP contribution in [0.15, 0.2) is 47.4 Å². The zero-order chi connectivity index (χ0) is 18.0. The molecule has 0 N–H and O–H groups in total. The van der Waals surface area contributed by atoms with Crippen molar-refractivity contribution >= 4 is 10.0 Å². The summed E-state index contributed by atoms with van der Waals surface area (Å²) in [5.74, 6) is 1.30. The number of aryl methyl sites for hydroxylation is 1. The zero-order valence-corrected chi connectivity index (χ0v) is 15.5. The Hall–Kier alpha value is -2.05. The Morgan fingerprint density at radius 1 is 1.00 bits per heavy atom. The minimum atomic E-state index is -3.58. The molecular formula is C19H23NO4S. The van der Waals surface area contributed by atoms with Crippen molar-refractivity contribution in [3.8, 4) is 11.5 Å². The van der Waals surface area contributed by atoms with E-state index in [0.717, 1.165) is 24.0 Å². The molecule has 0 unspecified atom stereocenters. The van der Waals surface area contributed by atoms with Gasteiger partial charge in [0.1, 0.15) is 11.5 Å². The van der Waals surface area contributed by atoms with E-state index in [2.05, 4.69) is 0 Å². The molecular weight excluding hydrogens is 338 g/mol. The first kappa shape index (κ1) is 17.8. The molecule has 0 radical (unpaired) electrons. The highest BCUT2D eigenvalue weighted by atomic mass is 32.2. The monoisotopic (exact) mass is 361 g/mol. The molecule has 2 aromatic carbocycles. The average molecular weight is 361 g/mol. The maximum absolute atomic E-state index is 13.2. The van der Waals surface area contributed by atoms with E-state index in [9.17, 15) is 8.42 Å². The predicted octanol–water partition coefficient (Wildman–Crippen LogP) is 3.54. The van der Waals surface area contributed by atoms with Crippen molar-refractivity contribution in [3.63, 3.8) is 0 Å². The molecule has 6 heteroatoms. The van der Waals surface area contributed by atoms with Crippen molar-refractivity contribution in [1.29, 1.82) is 0 Å². The van der Waals surface area contributed by atoms with Gasteiger partial charge in [-0.05, 0) is 44.0 Å². The van der Waals surface area contributed by atoms with Gasteiger partial charge >= 0.3 is 0 Å². The third-order valence-electron chi connectivity index (χ3n) is 4.63. The Labute approximate surface area is 149 Å². The summed E-state index contributed by atoms with van der Waals surface area (Å²) >= 11 is 0. The molecule has 2 aromatic rings. The lowest BCUT2D eigenvalue weighted by Gasteiger charge is -2.27. The lowest BCUT2D eigenvalue weighted by molar-refractivity contribution is 0.343. The van der Waals surface area contributed by atoms with Gasteiger partial charge in [-0.25, -0.2) is 8.42 Å². The van der Waals surface area contributed by atoms with Crippen LogP contribution in [-0.4, -0.2) is 33.5 Å². The van der Waals surface area contributed by atoms with Crippen LogP contribution in [0, 0.1) is 6.92 Å². The van der Waals surface area contributed by atoms with E-state index in [0.29, 0.717) is 22.9 Å². The normalized spacial score (nSPS) is 18.3. The minimum Gasteiger partial charge on any atom is -0.496 e. The number of rotatable bonds is 5. The quantitative estimate of drug-likeness (QED) is 0.817. The number of hydrogen-bond acceptors (Lipinski definition) is 4. The summed E-state index contributed by atoms with van der Waals surface area (Å²) in [7, 11) is -0.402. The fourth-order valence-electron chi connectivity index (χ4n) is 3.37. The molecule has 0 aliphatic carbocycles. The summed E-state index contributed by atoms with van der Waals surface area (Å²) in [4.78, 5) is 0.318. The molecule has 1 heterocycles. The first-order chi connectivity index (χ1) is 12.0. The third kappa shape index (κ3) is 3.24. The number of nitrogens with zero attached hydrogens (tertiary/aromatic N) is 1. The number of hydrogen-bond donors (Lipinski definition) is 0. The van der Waals surface area contributed by atoms with E-state index in [1.54, 1.807) is 30.7 Å². The second kappa shape index (κ2) is 7.06. The number of methoxy groups -OCH3 is 2. The molecule has 1 fully saturated rings. The highest BCUT2D eigenvalue weighted by molar-refractivity contribution is 7.89. The maximum Gasteiger partial charge on any atom is 0.243 e. The molecule has 3 rings (SSSR count). The van der Waals surface area contributed by atoms with Gasteiger partial charge in [-0.2, -0.15) is 4.31 Å². The lowest BCUT2D eigenvalue weighted by Crippen LogP contribution is -2.31. The minimum absolute atomic E-state index is 0.294. The molecule has 1 atom stereocenters. The fourth-order valence-corrected chi connectivity index (χ4v) is 5.04. The molecule has 0 aromatic heterocycles. The number of benzene rings is 2. The van der Waals surface area contributed by atoms with Gasteiger partial charge in [-0.3, -0.25) is 0 Å². The van der Waals surface area contributed by atoms with Gasteiger partial charge in [0, 0.05) is 6.54 Å². The molecule has 25 heavy (non-hydrogen) atoms. The largest absolute Gasteiger partial charge is 0.496 e. The standard InChI is InChI=1S/C19H23NO4S/c1-14-9-11-15(12-10-14)25(21,22)20-13-5-6-16(20)19-17(23-2)7-4-8-18(19)24-3/h4,7-12,16H,5-6,13H2,1-3H3/t16-/m0/s1. The van der Waals surface area contributed by atoms with E-state index >= 15 is 0 Å². The van der Waals surface area contributed by atoms with E-state index in [-0.39, 0.29) is 6.04 Å². The molecule has 134 valence electrons.